The van der Waals surface area contributed by atoms with Crippen LogP contribution in [0, 0.1) is 30.6 Å². The van der Waals surface area contributed by atoms with Crippen LogP contribution in [0.3, 0.4) is 0 Å². The summed E-state index contributed by atoms with van der Waals surface area (Å²) in [5.74, 6) is -3.06. The molecule has 0 unspecified atom stereocenters. The van der Waals surface area contributed by atoms with Crippen LogP contribution in [0.15, 0.2) is 29.6 Å². The van der Waals surface area contributed by atoms with E-state index >= 15 is 0 Å². The van der Waals surface area contributed by atoms with E-state index in [4.69, 9.17) is 4.74 Å². The molecule has 0 spiro atoms. The SMILES string of the molecule is CC[C@H](C)[C@H](CC(=O)[C@H]1CCCCN1C)C(=O)N(C)[C@H](C[C@@H](OC(C)=O)c1nc(C(=O)N[C@@H](Cc2ccc(C)cc2)C[C@@H](C)C(=O)O)cs1)C(C)C. The summed E-state index contributed by atoms with van der Waals surface area (Å²) in [6.07, 6.45) is 3.96. The van der Waals surface area contributed by atoms with Gasteiger partial charge in [-0.1, -0.05) is 77.3 Å². The number of rotatable bonds is 19. The first-order chi connectivity index (χ1) is 24.5. The summed E-state index contributed by atoms with van der Waals surface area (Å²) in [4.78, 5) is 73.8. The zero-order valence-corrected chi connectivity index (χ0v) is 33.3. The molecule has 12 heteroatoms. The standard InChI is InChI=1S/C40H60N4O7S/c1-10-26(5)31(21-35(46)33-13-11-12-18-43(33)8)39(48)44(9)34(24(2)3)22-36(51-28(7)45)38-42-32(23-52-38)37(47)41-30(19-27(6)40(49)50)20-29-16-14-25(4)15-17-29/h14-17,23-24,26-27,30-31,33-34,36H,10-13,18-22H2,1-9H3,(H,41,47)(H,49,50)/t26-,27+,30+,31-,33+,34+,36+/m0/s1. The van der Waals surface area contributed by atoms with Crippen LogP contribution < -0.4 is 5.32 Å². The predicted molar refractivity (Wildman–Crippen MR) is 203 cm³/mol. The van der Waals surface area contributed by atoms with E-state index in [-0.39, 0.29) is 60.6 Å². The summed E-state index contributed by atoms with van der Waals surface area (Å²) in [7, 11) is 3.74. The number of aryl methyl sites for hydroxylation is 1. The van der Waals surface area contributed by atoms with Crippen molar-refractivity contribution >= 4 is 40.9 Å². The lowest BCUT2D eigenvalue weighted by molar-refractivity contribution is -0.149. The molecular weight excluding hydrogens is 681 g/mol. The Kier molecular flexibility index (Phi) is 16.4. The topological polar surface area (TPSA) is 146 Å². The van der Waals surface area contributed by atoms with Crippen molar-refractivity contribution in [2.75, 3.05) is 20.6 Å². The maximum Gasteiger partial charge on any atom is 0.306 e. The van der Waals surface area contributed by atoms with Gasteiger partial charge >= 0.3 is 11.9 Å². The number of carbonyl (C=O) groups is 5. The third-order valence-corrected chi connectivity index (χ3v) is 11.6. The molecule has 2 N–H and O–H groups in total. The fraction of sp³-hybridized carbons (Fsp3) is 0.650. The highest BCUT2D eigenvalue weighted by atomic mass is 32.1. The van der Waals surface area contributed by atoms with E-state index in [1.165, 1.54) is 18.3 Å². The lowest BCUT2D eigenvalue weighted by Crippen LogP contribution is -2.48. The summed E-state index contributed by atoms with van der Waals surface area (Å²) < 4.78 is 5.79. The van der Waals surface area contributed by atoms with Crippen LogP contribution in [0.25, 0.3) is 0 Å². The van der Waals surface area contributed by atoms with Crippen molar-refractivity contribution < 1.29 is 33.8 Å². The number of hydrogen-bond acceptors (Lipinski definition) is 9. The summed E-state index contributed by atoms with van der Waals surface area (Å²) in [6.45, 7) is 13.9. The number of ether oxygens (including phenoxy) is 1. The third-order valence-electron chi connectivity index (χ3n) is 10.6. The van der Waals surface area contributed by atoms with Crippen LogP contribution >= 0.6 is 11.3 Å². The van der Waals surface area contributed by atoms with Crippen molar-refractivity contribution in [2.45, 2.75) is 124 Å². The number of piperidine rings is 1. The molecule has 2 amide bonds. The van der Waals surface area contributed by atoms with Gasteiger partial charge in [-0.3, -0.25) is 28.9 Å². The Hall–Kier alpha value is -3.64. The Bertz CT molecular complexity index is 1510. The van der Waals surface area contributed by atoms with E-state index in [2.05, 4.69) is 15.2 Å². The quantitative estimate of drug-likeness (QED) is 0.155. The highest BCUT2D eigenvalue weighted by Crippen LogP contribution is 2.33. The van der Waals surface area contributed by atoms with Gasteiger partial charge in [0.2, 0.25) is 5.91 Å². The molecule has 1 saturated heterocycles. The number of esters is 1. The van der Waals surface area contributed by atoms with Gasteiger partial charge in [-0.25, -0.2) is 4.98 Å². The van der Waals surface area contributed by atoms with Crippen molar-refractivity contribution in [3.63, 3.8) is 0 Å². The van der Waals surface area contributed by atoms with Gasteiger partial charge in [0.1, 0.15) is 10.7 Å². The number of aromatic nitrogens is 1. The largest absolute Gasteiger partial charge is 0.481 e. The van der Waals surface area contributed by atoms with Crippen LogP contribution in [-0.2, 0) is 30.3 Å². The van der Waals surface area contributed by atoms with E-state index in [9.17, 15) is 29.1 Å². The molecule has 3 rings (SSSR count). The summed E-state index contributed by atoms with van der Waals surface area (Å²) >= 11 is 1.20. The molecule has 52 heavy (non-hydrogen) atoms. The maximum atomic E-state index is 14.2. The molecule has 1 fully saturated rings. The third kappa shape index (κ3) is 12.2. The van der Waals surface area contributed by atoms with Gasteiger partial charge in [0.25, 0.3) is 5.91 Å². The van der Waals surface area contributed by atoms with Gasteiger partial charge < -0.3 is 20.1 Å². The molecule has 0 aliphatic carbocycles. The van der Waals surface area contributed by atoms with E-state index < -0.39 is 41.8 Å². The van der Waals surface area contributed by atoms with Crippen molar-refractivity contribution in [2.24, 2.45) is 23.7 Å². The van der Waals surface area contributed by atoms with Gasteiger partial charge in [-0.15, -0.1) is 11.3 Å². The number of likely N-dealkylation sites (N-methyl/N-ethyl adjacent to an activating group) is 1. The molecule has 0 saturated carbocycles. The molecule has 7 atom stereocenters. The van der Waals surface area contributed by atoms with Crippen LogP contribution in [0.1, 0.15) is 119 Å². The Morgan fingerprint density at radius 3 is 2.33 bits per heavy atom. The number of hydrogen-bond donors (Lipinski definition) is 2. The number of thiazole rings is 1. The summed E-state index contributed by atoms with van der Waals surface area (Å²) in [5.41, 5.74) is 2.22. The fourth-order valence-electron chi connectivity index (χ4n) is 7.10. The summed E-state index contributed by atoms with van der Waals surface area (Å²) in [5, 5.41) is 14.6. The monoisotopic (exact) mass is 740 g/mol. The number of benzene rings is 1. The number of nitrogens with zero attached hydrogens (tertiary/aromatic N) is 3. The molecule has 1 aliphatic rings. The average Bonchev–Trinajstić information content (AvgIpc) is 3.59. The second kappa shape index (κ2) is 20.0. The fourth-order valence-corrected chi connectivity index (χ4v) is 7.94. The number of carboxylic acid groups (broad SMARTS) is 1. The average molecular weight is 741 g/mol. The number of aliphatic carboxylic acids is 1. The highest BCUT2D eigenvalue weighted by molar-refractivity contribution is 7.09. The molecule has 0 bridgehead atoms. The number of Topliss-reactive ketones (excluding diaryl/α,β-unsaturated/α-hetero) is 1. The summed E-state index contributed by atoms with van der Waals surface area (Å²) in [6, 6.07) is 6.92. The maximum absolute atomic E-state index is 14.2. The van der Waals surface area contributed by atoms with Crippen LogP contribution in [-0.4, -0.2) is 88.2 Å². The Morgan fingerprint density at radius 1 is 1.08 bits per heavy atom. The van der Waals surface area contributed by atoms with Crippen molar-refractivity contribution in [3.8, 4) is 0 Å². The Balaban J connectivity index is 1.81. The van der Waals surface area contributed by atoms with Gasteiger partial charge in [-0.05, 0) is 63.6 Å². The van der Waals surface area contributed by atoms with E-state index in [0.717, 1.165) is 43.4 Å². The second-order valence-corrected chi connectivity index (χ2v) is 16.0. The lowest BCUT2D eigenvalue weighted by Gasteiger charge is -2.37. The van der Waals surface area contributed by atoms with E-state index in [0.29, 0.717) is 11.4 Å². The predicted octanol–water partition coefficient (Wildman–Crippen LogP) is 6.49. The van der Waals surface area contributed by atoms with Crippen LogP contribution in [0.5, 0.6) is 0 Å². The molecule has 1 aliphatic heterocycles. The van der Waals surface area contributed by atoms with Gasteiger partial charge in [0.15, 0.2) is 11.9 Å². The molecule has 2 heterocycles. The lowest BCUT2D eigenvalue weighted by atomic mass is 9.83. The smallest absolute Gasteiger partial charge is 0.306 e. The number of nitrogens with one attached hydrogen (secondary N) is 1. The Labute approximate surface area is 313 Å². The zero-order valence-electron chi connectivity index (χ0n) is 32.5. The number of amides is 2. The first-order valence-corrected chi connectivity index (χ1v) is 19.6. The van der Waals surface area contributed by atoms with Crippen molar-refractivity contribution in [1.82, 2.24) is 20.1 Å². The van der Waals surface area contributed by atoms with Crippen LogP contribution in [0.2, 0.25) is 0 Å². The molecule has 1 aromatic heterocycles. The van der Waals surface area contributed by atoms with E-state index in [1.54, 1.807) is 24.3 Å². The first-order valence-electron chi connectivity index (χ1n) is 18.7. The molecule has 11 nitrogen and oxygen atoms in total. The van der Waals surface area contributed by atoms with E-state index in [1.807, 2.05) is 65.9 Å². The minimum absolute atomic E-state index is 0.00164. The number of carboxylic acids is 1. The second-order valence-electron chi connectivity index (χ2n) is 15.2. The number of likely N-dealkylation sites (tertiary alicyclic amines) is 1. The zero-order chi connectivity index (χ0) is 38.7. The van der Waals surface area contributed by atoms with Crippen molar-refractivity contribution in [3.05, 3.63) is 51.5 Å². The van der Waals surface area contributed by atoms with Gasteiger partial charge in [0, 0.05) is 50.2 Å². The molecule has 0 radical (unpaired) electrons. The van der Waals surface area contributed by atoms with Gasteiger partial charge in [-0.2, -0.15) is 0 Å². The molecule has 2 aromatic rings. The Morgan fingerprint density at radius 2 is 1.75 bits per heavy atom. The molecule has 288 valence electrons. The normalized spacial score (nSPS) is 18.5. The molecular formula is C40H60N4O7S. The minimum Gasteiger partial charge on any atom is -0.481 e. The molecule has 1 aromatic carbocycles. The van der Waals surface area contributed by atoms with Crippen molar-refractivity contribution in [1.29, 1.82) is 0 Å². The van der Waals surface area contributed by atoms with Gasteiger partial charge in [0.05, 0.1) is 12.0 Å². The number of carbonyl (C=O) groups excluding carboxylic acids is 4. The minimum atomic E-state index is -0.939. The first kappa shape index (κ1) is 42.8. The highest BCUT2D eigenvalue weighted by Gasteiger charge is 2.37. The van der Waals surface area contributed by atoms with Crippen LogP contribution in [0.4, 0.5) is 0 Å². The number of ketones is 1.